The molecule has 156 valence electrons. The number of halogens is 2. The van der Waals surface area contributed by atoms with Crippen molar-refractivity contribution in [2.24, 2.45) is 0 Å². The summed E-state index contributed by atoms with van der Waals surface area (Å²) in [5.41, 5.74) is 0.802. The Hall–Kier alpha value is -2.52. The van der Waals surface area contributed by atoms with Gasteiger partial charge in [-0.25, -0.2) is 12.8 Å². The normalized spacial score (nSPS) is 13.1. The average Bonchev–Trinajstić information content (AvgIpc) is 2.67. The zero-order chi connectivity index (χ0) is 21.0. The molecule has 1 heterocycles. The molecule has 1 amide bonds. The Bertz CT molecular complexity index is 1020. The average molecular weight is 443 g/mol. The van der Waals surface area contributed by atoms with E-state index in [0.29, 0.717) is 36.1 Å². The van der Waals surface area contributed by atoms with Gasteiger partial charge in [-0.1, -0.05) is 11.6 Å². The van der Waals surface area contributed by atoms with E-state index >= 15 is 0 Å². The van der Waals surface area contributed by atoms with Gasteiger partial charge >= 0.3 is 0 Å². The van der Waals surface area contributed by atoms with Gasteiger partial charge in [0.05, 0.1) is 17.0 Å². The second-order valence-electron chi connectivity index (χ2n) is 6.44. The van der Waals surface area contributed by atoms with Crippen LogP contribution in [0.5, 0.6) is 11.5 Å². The number of hydrogen-bond acceptors (Lipinski definition) is 5. The monoisotopic (exact) mass is 442 g/mol. The first-order valence-corrected chi connectivity index (χ1v) is 11.1. The van der Waals surface area contributed by atoms with Crippen LogP contribution in [0.2, 0.25) is 5.02 Å². The van der Waals surface area contributed by atoms with E-state index in [9.17, 15) is 17.6 Å². The molecule has 0 saturated heterocycles. The molecule has 1 aliphatic heterocycles. The fourth-order valence-electron chi connectivity index (χ4n) is 2.85. The number of fused-ring (bicyclic) bond motifs is 1. The van der Waals surface area contributed by atoms with Crippen molar-refractivity contribution >= 4 is 38.9 Å². The van der Waals surface area contributed by atoms with E-state index in [1.54, 1.807) is 18.2 Å². The Morgan fingerprint density at radius 1 is 1.17 bits per heavy atom. The summed E-state index contributed by atoms with van der Waals surface area (Å²) in [5.74, 6) is 0.135. The number of sulfonamides is 1. The molecule has 0 atom stereocenters. The number of rotatable bonds is 7. The summed E-state index contributed by atoms with van der Waals surface area (Å²) in [4.78, 5) is 12.1. The van der Waals surface area contributed by atoms with E-state index in [2.05, 4.69) is 5.32 Å². The minimum absolute atomic E-state index is 0.0750. The summed E-state index contributed by atoms with van der Waals surface area (Å²) in [5, 5.41) is 2.52. The maximum absolute atomic E-state index is 13.2. The number of carbonyl (C=O) groups is 1. The lowest BCUT2D eigenvalue weighted by Crippen LogP contribution is -2.31. The van der Waals surface area contributed by atoms with E-state index in [4.69, 9.17) is 21.1 Å². The fourth-order valence-corrected chi connectivity index (χ4v) is 3.99. The minimum atomic E-state index is -3.57. The van der Waals surface area contributed by atoms with E-state index in [-0.39, 0.29) is 30.3 Å². The number of amides is 1. The van der Waals surface area contributed by atoms with Gasteiger partial charge in [-0.2, -0.15) is 0 Å². The van der Waals surface area contributed by atoms with Crippen LogP contribution in [-0.2, 0) is 14.8 Å². The van der Waals surface area contributed by atoms with Crippen LogP contribution in [0.25, 0.3) is 0 Å². The second-order valence-corrected chi connectivity index (χ2v) is 8.76. The van der Waals surface area contributed by atoms with Crippen LogP contribution in [0.4, 0.5) is 15.8 Å². The zero-order valence-corrected chi connectivity index (χ0v) is 17.2. The first-order valence-electron chi connectivity index (χ1n) is 8.86. The number of hydrogen-bond donors (Lipinski definition) is 1. The molecule has 1 N–H and O–H groups in total. The van der Waals surface area contributed by atoms with Gasteiger partial charge in [0.25, 0.3) is 0 Å². The highest BCUT2D eigenvalue weighted by Gasteiger charge is 2.21. The second kappa shape index (κ2) is 8.87. The van der Waals surface area contributed by atoms with Gasteiger partial charge in [0, 0.05) is 24.7 Å². The molecule has 2 aromatic rings. The van der Waals surface area contributed by atoms with Crippen molar-refractivity contribution in [3.05, 3.63) is 47.2 Å². The van der Waals surface area contributed by atoms with Gasteiger partial charge in [0.15, 0.2) is 11.5 Å². The molecule has 0 spiro atoms. The molecule has 0 radical (unpaired) electrons. The lowest BCUT2D eigenvalue weighted by Gasteiger charge is -2.25. The Kier molecular flexibility index (Phi) is 6.49. The number of carbonyl (C=O) groups excluding carboxylic acids is 1. The molecule has 0 fully saturated rings. The van der Waals surface area contributed by atoms with Crippen LogP contribution in [0.15, 0.2) is 36.4 Å². The van der Waals surface area contributed by atoms with Crippen molar-refractivity contribution < 1.29 is 27.1 Å². The molecule has 0 aliphatic carbocycles. The van der Waals surface area contributed by atoms with Gasteiger partial charge in [-0.05, 0) is 36.8 Å². The van der Waals surface area contributed by atoms with Crippen molar-refractivity contribution in [1.29, 1.82) is 0 Å². The lowest BCUT2D eigenvalue weighted by atomic mass is 10.2. The van der Waals surface area contributed by atoms with E-state index in [1.165, 1.54) is 16.4 Å². The Labute approximate surface area is 173 Å². The summed E-state index contributed by atoms with van der Waals surface area (Å²) >= 11 is 5.69. The SMILES string of the molecule is CS(=O)(=O)N(CCCC(=O)Nc1ccc(F)c(Cl)c1)c1ccc2c(c1)OCCO2. The number of nitrogens with one attached hydrogen (secondary N) is 1. The summed E-state index contributed by atoms with van der Waals surface area (Å²) < 4.78 is 49.8. The van der Waals surface area contributed by atoms with E-state index in [1.807, 2.05) is 0 Å². The van der Waals surface area contributed by atoms with Crippen molar-refractivity contribution in [3.63, 3.8) is 0 Å². The smallest absolute Gasteiger partial charge is 0.232 e. The third-order valence-electron chi connectivity index (χ3n) is 4.18. The van der Waals surface area contributed by atoms with E-state index in [0.717, 1.165) is 12.3 Å². The standard InChI is InChI=1S/C19H20ClFN2O5S/c1-29(25,26)23(14-5-7-17-18(12-14)28-10-9-27-17)8-2-3-19(24)22-13-4-6-16(21)15(20)11-13/h4-7,11-12H,2-3,8-10H2,1H3,(H,22,24). The molecule has 1 aliphatic rings. The lowest BCUT2D eigenvalue weighted by molar-refractivity contribution is -0.116. The van der Waals surface area contributed by atoms with Crippen LogP contribution in [-0.4, -0.2) is 40.3 Å². The highest BCUT2D eigenvalue weighted by Crippen LogP contribution is 2.34. The van der Waals surface area contributed by atoms with Gasteiger partial charge < -0.3 is 14.8 Å². The molecule has 0 aromatic heterocycles. The largest absolute Gasteiger partial charge is 0.486 e. The first kappa shape index (κ1) is 21.2. The topological polar surface area (TPSA) is 84.9 Å². The molecule has 0 saturated carbocycles. The molecule has 0 unspecified atom stereocenters. The predicted octanol–water partition coefficient (Wildman–Crippen LogP) is 3.44. The maximum atomic E-state index is 13.2. The summed E-state index contributed by atoms with van der Waals surface area (Å²) in [6.07, 6.45) is 1.46. The fraction of sp³-hybridized carbons (Fsp3) is 0.316. The summed E-state index contributed by atoms with van der Waals surface area (Å²) in [7, 11) is -3.57. The number of ether oxygens (including phenoxy) is 2. The van der Waals surface area contributed by atoms with Gasteiger partial charge in [0.2, 0.25) is 15.9 Å². The van der Waals surface area contributed by atoms with Gasteiger partial charge in [-0.3, -0.25) is 9.10 Å². The summed E-state index contributed by atoms with van der Waals surface area (Å²) in [6, 6.07) is 8.77. The van der Waals surface area contributed by atoms with Crippen LogP contribution in [0, 0.1) is 5.82 Å². The zero-order valence-electron chi connectivity index (χ0n) is 15.7. The number of nitrogens with zero attached hydrogens (tertiary/aromatic N) is 1. The van der Waals surface area contributed by atoms with Crippen molar-refractivity contribution in [2.45, 2.75) is 12.8 Å². The first-order chi connectivity index (χ1) is 13.7. The van der Waals surface area contributed by atoms with Gasteiger partial charge in [0.1, 0.15) is 19.0 Å². The number of benzene rings is 2. The molecule has 10 heteroatoms. The highest BCUT2D eigenvalue weighted by molar-refractivity contribution is 7.92. The Morgan fingerprint density at radius 3 is 2.59 bits per heavy atom. The van der Waals surface area contributed by atoms with Crippen molar-refractivity contribution in [2.75, 3.05) is 35.6 Å². The van der Waals surface area contributed by atoms with Crippen LogP contribution in [0.3, 0.4) is 0 Å². The molecule has 7 nitrogen and oxygen atoms in total. The Morgan fingerprint density at radius 2 is 1.90 bits per heavy atom. The third-order valence-corrected chi connectivity index (χ3v) is 5.67. The van der Waals surface area contributed by atoms with Crippen LogP contribution < -0.4 is 19.1 Å². The summed E-state index contributed by atoms with van der Waals surface area (Å²) in [6.45, 7) is 0.940. The Balaban J connectivity index is 1.62. The number of anilines is 2. The van der Waals surface area contributed by atoms with E-state index < -0.39 is 15.8 Å². The molecule has 29 heavy (non-hydrogen) atoms. The van der Waals surface area contributed by atoms with Gasteiger partial charge in [-0.15, -0.1) is 0 Å². The minimum Gasteiger partial charge on any atom is -0.486 e. The van der Waals surface area contributed by atoms with Crippen LogP contribution in [0.1, 0.15) is 12.8 Å². The predicted molar refractivity (Wildman–Crippen MR) is 109 cm³/mol. The molecular formula is C19H20ClFN2O5S. The van der Waals surface area contributed by atoms with Crippen molar-refractivity contribution in [1.82, 2.24) is 0 Å². The molecule has 2 aromatic carbocycles. The third kappa shape index (κ3) is 5.51. The van der Waals surface area contributed by atoms with Crippen LogP contribution >= 0.6 is 11.6 Å². The highest BCUT2D eigenvalue weighted by atomic mass is 35.5. The maximum Gasteiger partial charge on any atom is 0.232 e. The molecule has 3 rings (SSSR count). The van der Waals surface area contributed by atoms with Crippen molar-refractivity contribution in [3.8, 4) is 11.5 Å². The quantitative estimate of drug-likeness (QED) is 0.710. The molecular weight excluding hydrogens is 423 g/mol. The molecule has 0 bridgehead atoms.